The lowest BCUT2D eigenvalue weighted by Gasteiger charge is -2.28. The second kappa shape index (κ2) is 5.70. The number of hydrogen-bond acceptors (Lipinski definition) is 1. The maximum atomic E-state index is 12.4. The first-order chi connectivity index (χ1) is 9.78. The molecule has 1 aromatic heterocycles. The van der Waals surface area contributed by atoms with Crippen molar-refractivity contribution in [1.29, 1.82) is 0 Å². The van der Waals surface area contributed by atoms with E-state index in [9.17, 15) is 4.79 Å². The van der Waals surface area contributed by atoms with Gasteiger partial charge in [0.1, 0.15) is 0 Å². The molecular weight excluding hydrogens is 248 g/mol. The van der Waals surface area contributed by atoms with Crippen LogP contribution in [-0.4, -0.2) is 16.9 Å². The molecule has 0 spiro atoms. The summed E-state index contributed by atoms with van der Waals surface area (Å²) in [5, 5.41) is 4.29. The van der Waals surface area contributed by atoms with Crippen LogP contribution in [0, 0.1) is 5.92 Å². The molecule has 3 heteroatoms. The number of hydrogen-bond donors (Lipinski definition) is 2. The highest BCUT2D eigenvalue weighted by molar-refractivity contribution is 6.05. The highest BCUT2D eigenvalue weighted by atomic mass is 16.1. The third-order valence-electron chi connectivity index (χ3n) is 4.59. The Labute approximate surface area is 119 Å². The van der Waals surface area contributed by atoms with Crippen molar-refractivity contribution in [2.45, 2.75) is 45.1 Å². The number of aromatic amines is 1. The maximum Gasteiger partial charge on any atom is 0.253 e. The van der Waals surface area contributed by atoms with Crippen LogP contribution in [0.1, 0.15) is 49.4 Å². The first-order valence-electron chi connectivity index (χ1n) is 7.65. The summed E-state index contributed by atoms with van der Waals surface area (Å²) in [6, 6.07) is 8.20. The molecule has 1 fully saturated rings. The Kier molecular flexibility index (Phi) is 3.77. The topological polar surface area (TPSA) is 44.9 Å². The number of rotatable bonds is 3. The van der Waals surface area contributed by atoms with E-state index >= 15 is 0 Å². The van der Waals surface area contributed by atoms with Gasteiger partial charge in [0.2, 0.25) is 0 Å². The number of para-hydroxylation sites is 1. The second-order valence-corrected chi connectivity index (χ2v) is 5.85. The number of carbonyl (C=O) groups is 1. The van der Waals surface area contributed by atoms with Crippen LogP contribution in [0.5, 0.6) is 0 Å². The van der Waals surface area contributed by atoms with Gasteiger partial charge < -0.3 is 10.3 Å². The molecule has 106 valence electrons. The lowest BCUT2D eigenvalue weighted by Crippen LogP contribution is -2.37. The summed E-state index contributed by atoms with van der Waals surface area (Å²) in [5.41, 5.74) is 1.69. The highest BCUT2D eigenvalue weighted by Gasteiger charge is 2.22. The van der Waals surface area contributed by atoms with Crippen molar-refractivity contribution in [3.63, 3.8) is 0 Å². The van der Waals surface area contributed by atoms with E-state index in [4.69, 9.17) is 0 Å². The van der Waals surface area contributed by atoms with E-state index in [0.717, 1.165) is 35.2 Å². The van der Waals surface area contributed by atoms with Gasteiger partial charge in [0, 0.05) is 17.6 Å². The molecule has 1 heterocycles. The Bertz CT molecular complexity index is 594. The third kappa shape index (κ3) is 2.58. The van der Waals surface area contributed by atoms with Gasteiger partial charge >= 0.3 is 0 Å². The minimum atomic E-state index is 0.0537. The number of H-pyrrole nitrogens is 1. The maximum absolute atomic E-state index is 12.4. The molecule has 0 aliphatic heterocycles. The molecular formula is C17H22N2O. The molecule has 1 aliphatic rings. The van der Waals surface area contributed by atoms with E-state index in [2.05, 4.69) is 17.2 Å². The average molecular weight is 270 g/mol. The fourth-order valence-electron chi connectivity index (χ4n) is 3.25. The van der Waals surface area contributed by atoms with Crippen LogP contribution < -0.4 is 5.32 Å². The smallest absolute Gasteiger partial charge is 0.253 e. The molecule has 0 bridgehead atoms. The van der Waals surface area contributed by atoms with Crippen molar-refractivity contribution in [1.82, 2.24) is 10.3 Å². The Morgan fingerprint density at radius 1 is 1.25 bits per heavy atom. The van der Waals surface area contributed by atoms with Crippen molar-refractivity contribution < 1.29 is 4.79 Å². The van der Waals surface area contributed by atoms with Crippen LogP contribution in [0.4, 0.5) is 0 Å². The molecule has 0 radical (unpaired) electrons. The van der Waals surface area contributed by atoms with E-state index in [1.54, 1.807) is 0 Å². The monoisotopic (exact) mass is 270 g/mol. The molecule has 2 aromatic rings. The summed E-state index contributed by atoms with van der Waals surface area (Å²) in [6.45, 7) is 2.26. The molecule has 1 saturated carbocycles. The molecule has 0 unspecified atom stereocenters. The van der Waals surface area contributed by atoms with Gasteiger partial charge in [-0.3, -0.25) is 4.79 Å². The Balaban J connectivity index is 1.69. The zero-order chi connectivity index (χ0) is 13.9. The highest BCUT2D eigenvalue weighted by Crippen LogP contribution is 2.27. The number of carbonyl (C=O) groups excluding carboxylic acids is 1. The van der Waals surface area contributed by atoms with Crippen molar-refractivity contribution in [3.8, 4) is 0 Å². The summed E-state index contributed by atoms with van der Waals surface area (Å²) in [7, 11) is 0. The number of benzene rings is 1. The zero-order valence-electron chi connectivity index (χ0n) is 12.0. The van der Waals surface area contributed by atoms with Crippen LogP contribution in [0.2, 0.25) is 0 Å². The van der Waals surface area contributed by atoms with Gasteiger partial charge in [0.05, 0.1) is 11.1 Å². The van der Waals surface area contributed by atoms with Gasteiger partial charge in [-0.25, -0.2) is 0 Å². The van der Waals surface area contributed by atoms with Crippen LogP contribution in [0.15, 0.2) is 30.5 Å². The number of amides is 1. The molecule has 20 heavy (non-hydrogen) atoms. The largest absolute Gasteiger partial charge is 0.361 e. The lowest BCUT2D eigenvalue weighted by molar-refractivity contribution is 0.0923. The molecule has 1 amide bonds. The van der Waals surface area contributed by atoms with Gasteiger partial charge in [-0.1, -0.05) is 25.5 Å². The fourth-order valence-corrected chi connectivity index (χ4v) is 3.25. The molecule has 0 saturated heterocycles. The van der Waals surface area contributed by atoms with Gasteiger partial charge in [-0.2, -0.15) is 0 Å². The first-order valence-corrected chi connectivity index (χ1v) is 7.65. The Hall–Kier alpha value is -1.77. The van der Waals surface area contributed by atoms with Crippen molar-refractivity contribution in [3.05, 3.63) is 36.0 Å². The summed E-state index contributed by atoms with van der Waals surface area (Å²) >= 11 is 0. The molecule has 3 nitrogen and oxygen atoms in total. The minimum absolute atomic E-state index is 0.0537. The van der Waals surface area contributed by atoms with E-state index in [1.807, 2.05) is 30.5 Å². The van der Waals surface area contributed by atoms with Crippen molar-refractivity contribution in [2.75, 3.05) is 0 Å². The standard InChI is InChI=1S/C17H22N2O/c1-2-12-6-8-14(9-7-12)19-17(20)15-5-3-4-13-10-11-18-16(13)15/h3-5,10-12,14,18H,2,6-9H2,1H3,(H,19,20). The quantitative estimate of drug-likeness (QED) is 0.873. The van der Waals surface area contributed by atoms with Crippen LogP contribution in [0.3, 0.4) is 0 Å². The van der Waals surface area contributed by atoms with Crippen LogP contribution in [-0.2, 0) is 0 Å². The van der Waals surface area contributed by atoms with Gasteiger partial charge in [-0.05, 0) is 43.7 Å². The molecule has 3 rings (SSSR count). The summed E-state index contributed by atoms with van der Waals surface area (Å²) < 4.78 is 0. The molecule has 2 N–H and O–H groups in total. The predicted molar refractivity (Wildman–Crippen MR) is 81.8 cm³/mol. The van der Waals surface area contributed by atoms with Crippen LogP contribution >= 0.6 is 0 Å². The summed E-state index contributed by atoms with van der Waals surface area (Å²) in [4.78, 5) is 15.6. The van der Waals surface area contributed by atoms with E-state index in [-0.39, 0.29) is 5.91 Å². The van der Waals surface area contributed by atoms with Crippen molar-refractivity contribution >= 4 is 16.8 Å². The first kappa shape index (κ1) is 13.2. The number of fused-ring (bicyclic) bond motifs is 1. The van der Waals surface area contributed by atoms with Crippen molar-refractivity contribution in [2.24, 2.45) is 5.92 Å². The van der Waals surface area contributed by atoms with Gasteiger partial charge in [0.25, 0.3) is 5.91 Å². The van der Waals surface area contributed by atoms with E-state index < -0.39 is 0 Å². The number of aromatic nitrogens is 1. The molecule has 0 atom stereocenters. The second-order valence-electron chi connectivity index (χ2n) is 5.85. The fraction of sp³-hybridized carbons (Fsp3) is 0.471. The summed E-state index contributed by atoms with van der Waals surface area (Å²) in [5.74, 6) is 0.910. The summed E-state index contributed by atoms with van der Waals surface area (Å²) in [6.07, 6.45) is 7.87. The third-order valence-corrected chi connectivity index (χ3v) is 4.59. The SMILES string of the molecule is CCC1CCC(NC(=O)c2cccc3cc[nH]c23)CC1. The zero-order valence-corrected chi connectivity index (χ0v) is 12.0. The van der Waals surface area contributed by atoms with Gasteiger partial charge in [-0.15, -0.1) is 0 Å². The Morgan fingerprint density at radius 2 is 2.05 bits per heavy atom. The molecule has 1 aliphatic carbocycles. The van der Waals surface area contributed by atoms with E-state index in [0.29, 0.717) is 6.04 Å². The van der Waals surface area contributed by atoms with Gasteiger partial charge in [0.15, 0.2) is 0 Å². The average Bonchev–Trinajstić information content (AvgIpc) is 2.96. The Morgan fingerprint density at radius 3 is 2.80 bits per heavy atom. The number of nitrogens with one attached hydrogen (secondary N) is 2. The minimum Gasteiger partial charge on any atom is -0.361 e. The lowest BCUT2D eigenvalue weighted by atomic mass is 9.84. The van der Waals surface area contributed by atoms with E-state index in [1.165, 1.54) is 19.3 Å². The normalized spacial score (nSPS) is 22.9. The predicted octanol–water partition coefficient (Wildman–Crippen LogP) is 3.87. The van der Waals surface area contributed by atoms with Crippen LogP contribution in [0.25, 0.3) is 10.9 Å². The molecule has 1 aromatic carbocycles.